The molecule has 8 heteroatoms. The molecule has 0 saturated heterocycles. The maximum Gasteiger partial charge on any atom is 0.250 e. The third-order valence-corrected chi connectivity index (χ3v) is 6.41. The molecule has 0 radical (unpaired) electrons. The second-order valence-corrected chi connectivity index (χ2v) is 8.61. The van der Waals surface area contributed by atoms with Crippen LogP contribution in [0.4, 0.5) is 0 Å². The number of guanidine groups is 1. The Hall–Kier alpha value is -2.69. The summed E-state index contributed by atoms with van der Waals surface area (Å²) in [6.45, 7) is 1.52. The maximum atomic E-state index is 11.9. The Labute approximate surface area is 214 Å². The van der Waals surface area contributed by atoms with Crippen molar-refractivity contribution in [1.82, 2.24) is 15.2 Å². The first-order chi connectivity index (χ1) is 15.6. The Kier molecular flexibility index (Phi) is 9.04. The summed E-state index contributed by atoms with van der Waals surface area (Å²) in [5.41, 5.74) is 2.16. The SMILES string of the molecule is CN=C(NCc1ccc(Cn2ccccc2=O)cc1)NCC(O)c1cc2ccccc2s1.I. The number of halogens is 1. The Bertz CT molecular complexity index is 1230. The van der Waals surface area contributed by atoms with E-state index in [1.54, 1.807) is 41.3 Å². The first kappa shape index (κ1) is 24.9. The normalized spacial score (nSPS) is 12.2. The molecule has 0 bridgehead atoms. The van der Waals surface area contributed by atoms with Crippen LogP contribution in [-0.4, -0.2) is 29.2 Å². The van der Waals surface area contributed by atoms with Crippen LogP contribution in [0.25, 0.3) is 10.1 Å². The first-order valence-corrected chi connectivity index (χ1v) is 11.3. The zero-order valence-corrected chi connectivity index (χ0v) is 21.4. The van der Waals surface area contributed by atoms with Gasteiger partial charge in [0.05, 0.1) is 6.54 Å². The van der Waals surface area contributed by atoms with Gasteiger partial charge in [0.1, 0.15) is 6.10 Å². The molecule has 3 N–H and O–H groups in total. The molecule has 0 spiro atoms. The summed E-state index contributed by atoms with van der Waals surface area (Å²) < 4.78 is 2.85. The van der Waals surface area contributed by atoms with Gasteiger partial charge in [-0.15, -0.1) is 35.3 Å². The number of pyridine rings is 1. The summed E-state index contributed by atoms with van der Waals surface area (Å²) in [5, 5.41) is 18.2. The summed E-state index contributed by atoms with van der Waals surface area (Å²) in [4.78, 5) is 17.0. The van der Waals surface area contributed by atoms with Crippen molar-refractivity contribution >= 4 is 51.4 Å². The minimum absolute atomic E-state index is 0. The fourth-order valence-corrected chi connectivity index (χ4v) is 4.47. The molecule has 0 aliphatic carbocycles. The van der Waals surface area contributed by atoms with Crippen molar-refractivity contribution in [3.63, 3.8) is 0 Å². The van der Waals surface area contributed by atoms with E-state index in [4.69, 9.17) is 0 Å². The predicted octanol–water partition coefficient (Wildman–Crippen LogP) is 4.13. The lowest BCUT2D eigenvalue weighted by atomic mass is 10.1. The van der Waals surface area contributed by atoms with Crippen LogP contribution < -0.4 is 16.2 Å². The number of nitrogens with zero attached hydrogens (tertiary/aromatic N) is 2. The van der Waals surface area contributed by atoms with Gasteiger partial charge in [-0.1, -0.05) is 48.5 Å². The molecule has 172 valence electrons. The number of aliphatic hydroxyl groups excluding tert-OH is 1. The molecule has 0 aliphatic heterocycles. The van der Waals surface area contributed by atoms with E-state index in [0.717, 1.165) is 21.4 Å². The van der Waals surface area contributed by atoms with Crippen molar-refractivity contribution in [3.8, 4) is 0 Å². The molecule has 2 aromatic heterocycles. The van der Waals surface area contributed by atoms with E-state index in [0.29, 0.717) is 25.6 Å². The van der Waals surface area contributed by atoms with Crippen LogP contribution in [0.3, 0.4) is 0 Å². The molecular formula is C25H27IN4O2S. The molecule has 0 aliphatic rings. The number of hydrogen-bond acceptors (Lipinski definition) is 4. The summed E-state index contributed by atoms with van der Waals surface area (Å²) >= 11 is 1.61. The van der Waals surface area contributed by atoms with Gasteiger partial charge in [-0.2, -0.15) is 0 Å². The average Bonchev–Trinajstić information content (AvgIpc) is 3.26. The fraction of sp³-hybridized carbons (Fsp3) is 0.200. The lowest BCUT2D eigenvalue weighted by Crippen LogP contribution is -2.38. The van der Waals surface area contributed by atoms with E-state index in [-0.39, 0.29) is 29.5 Å². The van der Waals surface area contributed by atoms with E-state index >= 15 is 0 Å². The van der Waals surface area contributed by atoms with Gasteiger partial charge in [0, 0.05) is 42.0 Å². The van der Waals surface area contributed by atoms with Crippen molar-refractivity contribution in [1.29, 1.82) is 0 Å². The average molecular weight is 574 g/mol. The molecule has 33 heavy (non-hydrogen) atoms. The monoisotopic (exact) mass is 574 g/mol. The molecule has 2 heterocycles. The van der Waals surface area contributed by atoms with Crippen LogP contribution in [-0.2, 0) is 13.1 Å². The molecular weight excluding hydrogens is 547 g/mol. The van der Waals surface area contributed by atoms with E-state index in [1.807, 2.05) is 48.5 Å². The zero-order valence-electron chi connectivity index (χ0n) is 18.3. The highest BCUT2D eigenvalue weighted by molar-refractivity contribution is 14.0. The van der Waals surface area contributed by atoms with E-state index in [2.05, 4.69) is 27.8 Å². The highest BCUT2D eigenvalue weighted by atomic mass is 127. The van der Waals surface area contributed by atoms with E-state index in [1.165, 1.54) is 4.70 Å². The maximum absolute atomic E-state index is 11.9. The fourth-order valence-electron chi connectivity index (χ4n) is 3.42. The van der Waals surface area contributed by atoms with Crippen molar-refractivity contribution < 1.29 is 5.11 Å². The smallest absolute Gasteiger partial charge is 0.250 e. The summed E-state index contributed by atoms with van der Waals surface area (Å²) in [5.74, 6) is 0.630. The zero-order chi connectivity index (χ0) is 22.3. The van der Waals surface area contributed by atoms with Crippen molar-refractivity contribution in [2.75, 3.05) is 13.6 Å². The summed E-state index contributed by atoms with van der Waals surface area (Å²) in [6, 6.07) is 23.5. The third-order valence-electron chi connectivity index (χ3n) is 5.19. The van der Waals surface area contributed by atoms with E-state index < -0.39 is 6.10 Å². The number of rotatable bonds is 7. The van der Waals surface area contributed by atoms with Gasteiger partial charge >= 0.3 is 0 Å². The number of thiophene rings is 1. The molecule has 1 unspecified atom stereocenters. The topological polar surface area (TPSA) is 78.7 Å². The molecule has 2 aromatic carbocycles. The Morgan fingerprint density at radius 2 is 1.76 bits per heavy atom. The van der Waals surface area contributed by atoms with Gasteiger partial charge in [0.15, 0.2) is 5.96 Å². The Balaban J connectivity index is 0.00000306. The van der Waals surface area contributed by atoms with Crippen LogP contribution in [0.2, 0.25) is 0 Å². The highest BCUT2D eigenvalue weighted by Gasteiger charge is 2.12. The van der Waals surface area contributed by atoms with Crippen LogP contribution in [0, 0.1) is 0 Å². The number of nitrogens with one attached hydrogen (secondary N) is 2. The molecule has 6 nitrogen and oxygen atoms in total. The van der Waals surface area contributed by atoms with Crippen molar-refractivity contribution in [2.24, 2.45) is 4.99 Å². The number of aromatic nitrogens is 1. The summed E-state index contributed by atoms with van der Waals surface area (Å²) in [6.07, 6.45) is 1.19. The number of aliphatic hydroxyl groups is 1. The van der Waals surface area contributed by atoms with Crippen LogP contribution in [0.15, 0.2) is 88.8 Å². The van der Waals surface area contributed by atoms with Gasteiger partial charge in [-0.05, 0) is 34.7 Å². The van der Waals surface area contributed by atoms with Gasteiger partial charge in [-0.3, -0.25) is 9.79 Å². The second-order valence-electron chi connectivity index (χ2n) is 7.49. The number of aliphatic imine (C=N–C) groups is 1. The van der Waals surface area contributed by atoms with Gasteiger partial charge in [0.2, 0.25) is 0 Å². The minimum atomic E-state index is -0.605. The van der Waals surface area contributed by atoms with Crippen molar-refractivity contribution in [3.05, 3.63) is 105 Å². The lowest BCUT2D eigenvalue weighted by molar-refractivity contribution is 0.184. The van der Waals surface area contributed by atoms with Crippen LogP contribution in [0.1, 0.15) is 22.1 Å². The molecule has 0 saturated carbocycles. The Morgan fingerprint density at radius 1 is 1.03 bits per heavy atom. The largest absolute Gasteiger partial charge is 0.386 e. The molecule has 4 rings (SSSR count). The first-order valence-electron chi connectivity index (χ1n) is 10.5. The summed E-state index contributed by atoms with van der Waals surface area (Å²) in [7, 11) is 1.71. The number of benzene rings is 2. The quantitative estimate of drug-likeness (QED) is 0.176. The molecule has 4 aromatic rings. The molecule has 0 amide bonds. The molecule has 1 atom stereocenters. The van der Waals surface area contributed by atoms with Gasteiger partial charge in [0.25, 0.3) is 5.56 Å². The third kappa shape index (κ3) is 6.66. The predicted molar refractivity (Wildman–Crippen MR) is 147 cm³/mol. The Morgan fingerprint density at radius 3 is 2.48 bits per heavy atom. The molecule has 0 fully saturated rings. The second kappa shape index (κ2) is 12.0. The lowest BCUT2D eigenvalue weighted by Gasteiger charge is -2.15. The highest BCUT2D eigenvalue weighted by Crippen LogP contribution is 2.29. The van der Waals surface area contributed by atoms with Crippen LogP contribution >= 0.6 is 35.3 Å². The van der Waals surface area contributed by atoms with E-state index in [9.17, 15) is 9.90 Å². The van der Waals surface area contributed by atoms with Gasteiger partial charge < -0.3 is 20.3 Å². The van der Waals surface area contributed by atoms with Crippen molar-refractivity contribution in [2.45, 2.75) is 19.2 Å². The van der Waals surface area contributed by atoms with Gasteiger partial charge in [-0.25, -0.2) is 0 Å². The number of hydrogen-bond donors (Lipinski definition) is 3. The number of fused-ring (bicyclic) bond motifs is 1. The van der Waals surface area contributed by atoms with Crippen LogP contribution in [0.5, 0.6) is 0 Å². The minimum Gasteiger partial charge on any atom is -0.386 e. The standard InChI is InChI=1S/C25H26N4O2S.HI/c1-26-25(28-16-21(30)23-14-20-6-2-3-7-22(20)32-23)27-15-18-9-11-19(12-10-18)17-29-13-5-4-8-24(29)31;/h2-14,21,30H,15-17H2,1H3,(H2,26,27,28);1H.